The highest BCUT2D eigenvalue weighted by Crippen LogP contribution is 2.48. The van der Waals surface area contributed by atoms with E-state index in [0.29, 0.717) is 5.41 Å². The summed E-state index contributed by atoms with van der Waals surface area (Å²) >= 11 is 0. The summed E-state index contributed by atoms with van der Waals surface area (Å²) < 4.78 is 0. The normalized spacial score (nSPS) is 24.9. The third kappa shape index (κ3) is 2.26. The van der Waals surface area contributed by atoms with E-state index in [4.69, 9.17) is 0 Å². The lowest BCUT2D eigenvalue weighted by molar-refractivity contribution is 0.389. The van der Waals surface area contributed by atoms with Crippen molar-refractivity contribution in [1.29, 1.82) is 0 Å². The molecule has 0 aromatic heterocycles. The van der Waals surface area contributed by atoms with Crippen LogP contribution in [0.25, 0.3) is 0 Å². The van der Waals surface area contributed by atoms with Crippen LogP contribution in [0.3, 0.4) is 0 Å². The van der Waals surface area contributed by atoms with Crippen LogP contribution in [0, 0.1) is 12.3 Å². The Morgan fingerprint density at radius 3 is 2.50 bits per heavy atom. The summed E-state index contributed by atoms with van der Waals surface area (Å²) in [7, 11) is 0. The third-order valence-corrected chi connectivity index (χ3v) is 4.47. The van der Waals surface area contributed by atoms with Gasteiger partial charge in [-0.1, -0.05) is 18.2 Å². The van der Waals surface area contributed by atoms with Gasteiger partial charge in [-0.3, -0.25) is 0 Å². The smallest absolute Gasteiger partial charge is 0.0396 e. The number of rotatable bonds is 1. The second kappa shape index (κ2) is 3.99. The average molecular weight is 244 g/mol. The molecule has 1 spiro atoms. The number of anilines is 1. The predicted molar refractivity (Wildman–Crippen MR) is 77.1 cm³/mol. The van der Waals surface area contributed by atoms with E-state index in [1.165, 1.54) is 37.2 Å². The highest BCUT2D eigenvalue weighted by atomic mass is 15.2. The standard InChI is InChI=1S/C16H24N2/c1-13-6-4-5-7-14(13)18-11-15(2,3)17-10-16(12-18)8-9-16/h4-7,17H,8-12H2,1-3H3. The van der Waals surface area contributed by atoms with E-state index in [-0.39, 0.29) is 5.54 Å². The molecule has 1 saturated carbocycles. The molecule has 1 N–H and O–H groups in total. The van der Waals surface area contributed by atoms with Crippen LogP contribution in [0.15, 0.2) is 24.3 Å². The molecule has 1 heterocycles. The summed E-state index contributed by atoms with van der Waals surface area (Å²) in [5.74, 6) is 0. The Balaban J connectivity index is 1.92. The maximum atomic E-state index is 3.75. The molecule has 2 aliphatic rings. The van der Waals surface area contributed by atoms with E-state index in [1.807, 2.05) is 0 Å². The second-order valence-corrected chi connectivity index (χ2v) is 6.88. The fourth-order valence-corrected chi connectivity index (χ4v) is 3.08. The van der Waals surface area contributed by atoms with Crippen molar-refractivity contribution in [2.45, 2.75) is 39.2 Å². The second-order valence-electron chi connectivity index (χ2n) is 6.88. The molecular formula is C16H24N2. The van der Waals surface area contributed by atoms with Gasteiger partial charge in [0.15, 0.2) is 0 Å². The van der Waals surface area contributed by atoms with Gasteiger partial charge in [-0.15, -0.1) is 0 Å². The molecule has 0 atom stereocenters. The molecule has 0 amide bonds. The molecule has 1 aliphatic carbocycles. The number of aryl methyl sites for hydroxylation is 1. The van der Waals surface area contributed by atoms with Crippen molar-refractivity contribution < 1.29 is 0 Å². The Labute approximate surface area is 110 Å². The van der Waals surface area contributed by atoms with Crippen LogP contribution < -0.4 is 10.2 Å². The Bertz CT molecular complexity index is 438. The fraction of sp³-hybridized carbons (Fsp3) is 0.625. The first-order valence-electron chi connectivity index (χ1n) is 7.05. The lowest BCUT2D eigenvalue weighted by Crippen LogP contribution is -2.46. The van der Waals surface area contributed by atoms with E-state index >= 15 is 0 Å². The summed E-state index contributed by atoms with van der Waals surface area (Å²) in [6, 6.07) is 8.78. The highest BCUT2D eigenvalue weighted by Gasteiger charge is 2.47. The minimum Gasteiger partial charge on any atom is -0.369 e. The summed E-state index contributed by atoms with van der Waals surface area (Å²) in [6.45, 7) is 10.4. The van der Waals surface area contributed by atoms with Crippen LogP contribution in [0.5, 0.6) is 0 Å². The zero-order chi connectivity index (χ0) is 12.8. The summed E-state index contributed by atoms with van der Waals surface area (Å²) in [5.41, 5.74) is 3.57. The minimum atomic E-state index is 0.203. The van der Waals surface area contributed by atoms with Crippen molar-refractivity contribution in [3.63, 3.8) is 0 Å². The zero-order valence-electron chi connectivity index (χ0n) is 11.8. The molecule has 18 heavy (non-hydrogen) atoms. The van der Waals surface area contributed by atoms with Crippen LogP contribution in [0.1, 0.15) is 32.3 Å². The molecule has 1 aromatic rings. The van der Waals surface area contributed by atoms with Gasteiger partial charge in [-0.25, -0.2) is 0 Å². The quantitative estimate of drug-likeness (QED) is 0.817. The van der Waals surface area contributed by atoms with Gasteiger partial charge in [0.25, 0.3) is 0 Å². The first kappa shape index (κ1) is 12.0. The lowest BCUT2D eigenvalue weighted by Gasteiger charge is -2.32. The van der Waals surface area contributed by atoms with Crippen molar-refractivity contribution in [3.8, 4) is 0 Å². The van der Waals surface area contributed by atoms with Crippen molar-refractivity contribution in [2.24, 2.45) is 5.41 Å². The first-order chi connectivity index (χ1) is 8.50. The number of hydrogen-bond donors (Lipinski definition) is 1. The molecular weight excluding hydrogens is 220 g/mol. The molecule has 0 radical (unpaired) electrons. The monoisotopic (exact) mass is 244 g/mol. The summed E-state index contributed by atoms with van der Waals surface area (Å²) in [6.07, 6.45) is 2.77. The molecule has 2 heteroatoms. The van der Waals surface area contributed by atoms with E-state index < -0.39 is 0 Å². The Hall–Kier alpha value is -1.02. The summed E-state index contributed by atoms with van der Waals surface area (Å²) in [5, 5.41) is 3.75. The van der Waals surface area contributed by atoms with Crippen LogP contribution in [0.2, 0.25) is 0 Å². The molecule has 2 nitrogen and oxygen atoms in total. The van der Waals surface area contributed by atoms with Crippen molar-refractivity contribution in [2.75, 3.05) is 24.5 Å². The van der Waals surface area contributed by atoms with Gasteiger partial charge >= 0.3 is 0 Å². The number of nitrogens with one attached hydrogen (secondary N) is 1. The number of para-hydroxylation sites is 1. The maximum Gasteiger partial charge on any atom is 0.0396 e. The number of benzene rings is 1. The first-order valence-corrected chi connectivity index (χ1v) is 7.05. The van der Waals surface area contributed by atoms with E-state index in [9.17, 15) is 0 Å². The molecule has 3 rings (SSSR count). The largest absolute Gasteiger partial charge is 0.369 e. The van der Waals surface area contributed by atoms with Crippen LogP contribution >= 0.6 is 0 Å². The third-order valence-electron chi connectivity index (χ3n) is 4.47. The van der Waals surface area contributed by atoms with Gasteiger partial charge in [0.05, 0.1) is 0 Å². The minimum absolute atomic E-state index is 0.203. The highest BCUT2D eigenvalue weighted by molar-refractivity contribution is 5.54. The average Bonchev–Trinajstić information content (AvgIpc) is 3.08. The number of hydrogen-bond acceptors (Lipinski definition) is 2. The van der Waals surface area contributed by atoms with Crippen LogP contribution in [-0.4, -0.2) is 25.2 Å². The van der Waals surface area contributed by atoms with Crippen molar-refractivity contribution in [3.05, 3.63) is 29.8 Å². The van der Waals surface area contributed by atoms with E-state index in [1.54, 1.807) is 0 Å². The molecule has 2 fully saturated rings. The van der Waals surface area contributed by atoms with Gasteiger partial charge < -0.3 is 10.2 Å². The van der Waals surface area contributed by atoms with Crippen molar-refractivity contribution >= 4 is 5.69 Å². The predicted octanol–water partition coefficient (Wildman–Crippen LogP) is 2.96. The molecule has 1 aromatic carbocycles. The zero-order valence-corrected chi connectivity index (χ0v) is 11.8. The summed E-state index contributed by atoms with van der Waals surface area (Å²) in [4.78, 5) is 2.60. The Kier molecular flexibility index (Phi) is 2.67. The van der Waals surface area contributed by atoms with E-state index in [2.05, 4.69) is 55.3 Å². The van der Waals surface area contributed by atoms with Crippen LogP contribution in [-0.2, 0) is 0 Å². The number of nitrogens with zero attached hydrogens (tertiary/aromatic N) is 1. The molecule has 0 unspecified atom stereocenters. The van der Waals surface area contributed by atoms with Gasteiger partial charge in [-0.2, -0.15) is 0 Å². The maximum absolute atomic E-state index is 3.75. The topological polar surface area (TPSA) is 15.3 Å². The molecule has 98 valence electrons. The SMILES string of the molecule is Cc1ccccc1N1CC2(CC2)CNC(C)(C)C1. The van der Waals surface area contributed by atoms with Crippen LogP contribution in [0.4, 0.5) is 5.69 Å². The Morgan fingerprint density at radius 1 is 1.11 bits per heavy atom. The van der Waals surface area contributed by atoms with Gasteiger partial charge in [0, 0.05) is 36.3 Å². The van der Waals surface area contributed by atoms with Gasteiger partial charge in [0.1, 0.15) is 0 Å². The lowest BCUT2D eigenvalue weighted by atomic mass is 10.0. The fourth-order valence-electron chi connectivity index (χ4n) is 3.08. The van der Waals surface area contributed by atoms with E-state index in [0.717, 1.165) is 6.54 Å². The van der Waals surface area contributed by atoms with Crippen molar-refractivity contribution in [1.82, 2.24) is 5.32 Å². The molecule has 1 aliphatic heterocycles. The molecule has 1 saturated heterocycles. The Morgan fingerprint density at radius 2 is 1.83 bits per heavy atom. The van der Waals surface area contributed by atoms with Gasteiger partial charge in [-0.05, 0) is 45.2 Å². The molecule has 0 bridgehead atoms. The van der Waals surface area contributed by atoms with Gasteiger partial charge in [0.2, 0.25) is 0 Å².